The van der Waals surface area contributed by atoms with E-state index in [1.807, 2.05) is 6.07 Å². The highest BCUT2D eigenvalue weighted by molar-refractivity contribution is 6.29. The Labute approximate surface area is 139 Å². The SMILES string of the molecule is CN1CCN(c2ccc(-c3n[nH]c4ccc(Cl)nc34)cc2)CC1. The molecule has 2 aromatic heterocycles. The zero-order valence-electron chi connectivity index (χ0n) is 13.0. The summed E-state index contributed by atoms with van der Waals surface area (Å²) in [7, 11) is 2.17. The van der Waals surface area contributed by atoms with Crippen LogP contribution < -0.4 is 4.90 Å². The molecule has 0 saturated carbocycles. The van der Waals surface area contributed by atoms with Crippen LogP contribution in [0.4, 0.5) is 5.69 Å². The number of fused-ring (bicyclic) bond motifs is 1. The second-order valence-corrected chi connectivity index (χ2v) is 6.33. The summed E-state index contributed by atoms with van der Waals surface area (Å²) in [5.74, 6) is 0. The molecule has 1 saturated heterocycles. The standard InChI is InChI=1S/C17H18ClN5/c1-22-8-10-23(11-9-22)13-4-2-12(3-5-13)16-17-14(20-21-16)6-7-15(18)19-17/h2-7H,8-11H2,1H3,(H,20,21). The molecule has 1 aliphatic rings. The molecule has 0 unspecified atom stereocenters. The molecule has 6 heteroatoms. The van der Waals surface area contributed by atoms with Gasteiger partial charge in [-0.25, -0.2) is 4.98 Å². The molecule has 4 rings (SSSR count). The van der Waals surface area contributed by atoms with Gasteiger partial charge in [-0.15, -0.1) is 0 Å². The number of hydrogen-bond acceptors (Lipinski definition) is 4. The summed E-state index contributed by atoms with van der Waals surface area (Å²) in [5.41, 5.74) is 4.85. The summed E-state index contributed by atoms with van der Waals surface area (Å²) >= 11 is 6.01. The number of rotatable bonds is 2. The second kappa shape index (κ2) is 5.83. The topological polar surface area (TPSA) is 48.0 Å². The molecule has 1 fully saturated rings. The number of H-pyrrole nitrogens is 1. The first-order valence-electron chi connectivity index (χ1n) is 7.75. The van der Waals surface area contributed by atoms with E-state index in [2.05, 4.69) is 56.3 Å². The van der Waals surface area contributed by atoms with Gasteiger partial charge in [-0.1, -0.05) is 23.7 Å². The lowest BCUT2D eigenvalue weighted by atomic mass is 10.1. The van der Waals surface area contributed by atoms with E-state index in [9.17, 15) is 0 Å². The zero-order chi connectivity index (χ0) is 15.8. The van der Waals surface area contributed by atoms with Crippen molar-refractivity contribution < 1.29 is 0 Å². The number of halogens is 1. The van der Waals surface area contributed by atoms with Crippen LogP contribution in [0.3, 0.4) is 0 Å². The molecule has 3 heterocycles. The highest BCUT2D eigenvalue weighted by atomic mass is 35.5. The van der Waals surface area contributed by atoms with Gasteiger partial charge in [0.1, 0.15) is 16.4 Å². The minimum atomic E-state index is 0.481. The number of likely N-dealkylation sites (N-methyl/N-ethyl adjacent to an activating group) is 1. The lowest BCUT2D eigenvalue weighted by Gasteiger charge is -2.34. The number of aromatic amines is 1. The van der Waals surface area contributed by atoms with E-state index in [1.165, 1.54) is 5.69 Å². The van der Waals surface area contributed by atoms with Gasteiger partial charge in [-0.2, -0.15) is 5.10 Å². The highest BCUT2D eigenvalue weighted by Gasteiger charge is 2.15. The number of anilines is 1. The number of pyridine rings is 1. The molecular weight excluding hydrogens is 310 g/mol. The monoisotopic (exact) mass is 327 g/mol. The van der Waals surface area contributed by atoms with Gasteiger partial charge < -0.3 is 9.80 Å². The van der Waals surface area contributed by atoms with Crippen molar-refractivity contribution in [2.24, 2.45) is 0 Å². The third-order valence-corrected chi connectivity index (χ3v) is 4.59. The fraction of sp³-hybridized carbons (Fsp3) is 0.294. The van der Waals surface area contributed by atoms with Gasteiger partial charge in [0.15, 0.2) is 0 Å². The van der Waals surface area contributed by atoms with Crippen LogP contribution in [0.25, 0.3) is 22.3 Å². The van der Waals surface area contributed by atoms with Gasteiger partial charge in [0.05, 0.1) is 5.52 Å². The van der Waals surface area contributed by atoms with Gasteiger partial charge in [-0.05, 0) is 31.3 Å². The first-order chi connectivity index (χ1) is 11.2. The average Bonchev–Trinajstić information content (AvgIpc) is 2.99. The van der Waals surface area contributed by atoms with Gasteiger partial charge in [0.25, 0.3) is 0 Å². The van der Waals surface area contributed by atoms with Crippen molar-refractivity contribution in [3.63, 3.8) is 0 Å². The molecule has 0 bridgehead atoms. The Bertz CT molecular complexity index is 819. The maximum absolute atomic E-state index is 6.01. The van der Waals surface area contributed by atoms with E-state index in [4.69, 9.17) is 11.6 Å². The maximum atomic E-state index is 6.01. The molecule has 1 aromatic carbocycles. The summed E-state index contributed by atoms with van der Waals surface area (Å²) in [6.07, 6.45) is 0. The van der Waals surface area contributed by atoms with Crippen LogP contribution in [0.2, 0.25) is 5.15 Å². The zero-order valence-corrected chi connectivity index (χ0v) is 13.7. The van der Waals surface area contributed by atoms with Gasteiger partial charge in [-0.3, -0.25) is 5.10 Å². The Morgan fingerprint density at radius 3 is 2.48 bits per heavy atom. The second-order valence-electron chi connectivity index (χ2n) is 5.94. The molecule has 23 heavy (non-hydrogen) atoms. The van der Waals surface area contributed by atoms with Crippen molar-refractivity contribution in [2.75, 3.05) is 38.1 Å². The van der Waals surface area contributed by atoms with Crippen LogP contribution in [-0.2, 0) is 0 Å². The van der Waals surface area contributed by atoms with Crippen LogP contribution in [0.15, 0.2) is 36.4 Å². The number of piperazine rings is 1. The summed E-state index contributed by atoms with van der Waals surface area (Å²) < 4.78 is 0. The molecule has 0 atom stereocenters. The van der Waals surface area contributed by atoms with Crippen molar-refractivity contribution in [1.29, 1.82) is 0 Å². The fourth-order valence-electron chi connectivity index (χ4n) is 2.97. The Kier molecular flexibility index (Phi) is 3.67. The average molecular weight is 328 g/mol. The van der Waals surface area contributed by atoms with Crippen LogP contribution in [0.5, 0.6) is 0 Å². The summed E-state index contributed by atoms with van der Waals surface area (Å²) in [5, 5.41) is 7.88. The molecule has 1 N–H and O–H groups in total. The van der Waals surface area contributed by atoms with E-state index < -0.39 is 0 Å². The quantitative estimate of drug-likeness (QED) is 0.735. The molecular formula is C17H18ClN5. The van der Waals surface area contributed by atoms with Crippen LogP contribution in [-0.4, -0.2) is 53.3 Å². The summed E-state index contributed by atoms with van der Waals surface area (Å²) in [4.78, 5) is 9.16. The first-order valence-corrected chi connectivity index (χ1v) is 8.13. The summed E-state index contributed by atoms with van der Waals surface area (Å²) in [6.45, 7) is 4.35. The van der Waals surface area contributed by atoms with Crippen molar-refractivity contribution in [3.8, 4) is 11.3 Å². The van der Waals surface area contributed by atoms with E-state index in [1.54, 1.807) is 6.07 Å². The Morgan fingerprint density at radius 1 is 1.00 bits per heavy atom. The number of benzene rings is 1. The highest BCUT2D eigenvalue weighted by Crippen LogP contribution is 2.28. The number of aromatic nitrogens is 3. The predicted molar refractivity (Wildman–Crippen MR) is 94.0 cm³/mol. The first kappa shape index (κ1) is 14.5. The normalized spacial score (nSPS) is 16.2. The predicted octanol–water partition coefficient (Wildman–Crippen LogP) is 3.03. The van der Waals surface area contributed by atoms with Crippen LogP contribution >= 0.6 is 11.6 Å². The maximum Gasteiger partial charge on any atom is 0.130 e. The molecule has 0 spiro atoms. The molecule has 1 aliphatic heterocycles. The van der Waals surface area contributed by atoms with Crippen molar-refractivity contribution in [1.82, 2.24) is 20.1 Å². The molecule has 5 nitrogen and oxygen atoms in total. The minimum absolute atomic E-state index is 0.481. The fourth-order valence-corrected chi connectivity index (χ4v) is 3.12. The Balaban J connectivity index is 1.63. The molecule has 0 radical (unpaired) electrons. The van der Waals surface area contributed by atoms with Crippen molar-refractivity contribution in [2.45, 2.75) is 0 Å². The Hall–Kier alpha value is -2.11. The molecule has 3 aromatic rings. The number of nitrogens with zero attached hydrogens (tertiary/aromatic N) is 4. The van der Waals surface area contributed by atoms with Crippen LogP contribution in [0.1, 0.15) is 0 Å². The number of nitrogens with one attached hydrogen (secondary N) is 1. The van der Waals surface area contributed by atoms with Crippen molar-refractivity contribution in [3.05, 3.63) is 41.6 Å². The largest absolute Gasteiger partial charge is 0.369 e. The Morgan fingerprint density at radius 2 is 1.74 bits per heavy atom. The van der Waals surface area contributed by atoms with E-state index in [-0.39, 0.29) is 0 Å². The third kappa shape index (κ3) is 2.78. The lowest BCUT2D eigenvalue weighted by molar-refractivity contribution is 0.313. The van der Waals surface area contributed by atoms with E-state index in [0.717, 1.165) is 48.5 Å². The summed E-state index contributed by atoms with van der Waals surface area (Å²) in [6, 6.07) is 12.2. The van der Waals surface area contributed by atoms with Gasteiger partial charge >= 0.3 is 0 Å². The van der Waals surface area contributed by atoms with Crippen LogP contribution in [0, 0.1) is 0 Å². The molecule has 0 amide bonds. The molecule has 0 aliphatic carbocycles. The van der Waals surface area contributed by atoms with Gasteiger partial charge in [0.2, 0.25) is 0 Å². The van der Waals surface area contributed by atoms with E-state index >= 15 is 0 Å². The molecule has 118 valence electrons. The van der Waals surface area contributed by atoms with Gasteiger partial charge in [0, 0.05) is 37.4 Å². The number of hydrogen-bond donors (Lipinski definition) is 1. The smallest absolute Gasteiger partial charge is 0.130 e. The lowest BCUT2D eigenvalue weighted by Crippen LogP contribution is -2.44. The third-order valence-electron chi connectivity index (χ3n) is 4.38. The van der Waals surface area contributed by atoms with E-state index in [0.29, 0.717) is 5.15 Å². The van der Waals surface area contributed by atoms with Crippen molar-refractivity contribution >= 4 is 28.3 Å². The minimum Gasteiger partial charge on any atom is -0.369 e.